The zero-order chi connectivity index (χ0) is 20.0. The predicted octanol–water partition coefficient (Wildman–Crippen LogP) is 4.18. The summed E-state index contributed by atoms with van der Waals surface area (Å²) in [6.07, 6.45) is -0.519. The van der Waals surface area contributed by atoms with Gasteiger partial charge in [-0.1, -0.05) is 0 Å². The third-order valence-electron chi connectivity index (χ3n) is 4.39. The molecule has 0 bridgehead atoms. The van der Waals surface area contributed by atoms with E-state index in [-0.39, 0.29) is 4.47 Å². The summed E-state index contributed by atoms with van der Waals surface area (Å²) in [5.74, 6) is -5.99. The van der Waals surface area contributed by atoms with Crippen LogP contribution in [0.5, 0.6) is 0 Å². The van der Waals surface area contributed by atoms with Crippen molar-refractivity contribution in [1.82, 2.24) is 0 Å². The Balaban J connectivity index is 3.77. The average molecular weight is 448 g/mol. The van der Waals surface area contributed by atoms with E-state index < -0.39 is 56.3 Å². The van der Waals surface area contributed by atoms with Gasteiger partial charge in [0.25, 0.3) is 5.92 Å². The highest BCUT2D eigenvalue weighted by atomic mass is 79.9. The molecule has 0 amide bonds. The van der Waals surface area contributed by atoms with Gasteiger partial charge in [0.15, 0.2) is 0 Å². The van der Waals surface area contributed by atoms with E-state index in [1.165, 1.54) is 13.8 Å². The van der Waals surface area contributed by atoms with Gasteiger partial charge in [-0.05, 0) is 63.0 Å². The highest BCUT2D eigenvalue weighted by Crippen LogP contribution is 2.52. The normalized spacial score (nSPS) is 17.3. The fraction of sp³-hybridized carbons (Fsp3) is 0.625. The van der Waals surface area contributed by atoms with Crippen LogP contribution < -0.4 is 5.14 Å². The van der Waals surface area contributed by atoms with Crippen molar-refractivity contribution in [2.45, 2.75) is 62.7 Å². The van der Waals surface area contributed by atoms with E-state index in [0.29, 0.717) is 6.07 Å². The Labute approximate surface area is 155 Å². The molecule has 0 spiro atoms. The lowest BCUT2D eigenvalue weighted by atomic mass is 9.66. The minimum Gasteiger partial charge on any atom is -0.384 e. The molecule has 0 saturated carbocycles. The first-order valence-corrected chi connectivity index (χ1v) is 9.39. The Morgan fingerprint density at radius 1 is 1.12 bits per heavy atom. The Morgan fingerprint density at radius 3 is 2.00 bits per heavy atom. The van der Waals surface area contributed by atoms with Crippen molar-refractivity contribution in [2.24, 2.45) is 5.14 Å². The van der Waals surface area contributed by atoms with Gasteiger partial charge in [-0.15, -0.1) is 0 Å². The molecule has 0 aliphatic heterocycles. The SMILES string of the molecule is CC(C)(C[C@](C)(c1cc(Br)c(F)cc1F)C(F)(F)C(C)(C)O)S(N)=O. The predicted molar refractivity (Wildman–Crippen MR) is 93.7 cm³/mol. The summed E-state index contributed by atoms with van der Waals surface area (Å²) >= 11 is 2.86. The highest BCUT2D eigenvalue weighted by molar-refractivity contribution is 9.10. The minimum absolute atomic E-state index is 0.201. The van der Waals surface area contributed by atoms with Gasteiger partial charge in [-0.3, -0.25) is 5.14 Å². The summed E-state index contributed by atoms with van der Waals surface area (Å²) in [6, 6.07) is 1.41. The van der Waals surface area contributed by atoms with Crippen molar-refractivity contribution < 1.29 is 26.9 Å². The van der Waals surface area contributed by atoms with Gasteiger partial charge >= 0.3 is 0 Å². The number of alkyl halides is 2. The molecule has 9 heteroatoms. The fourth-order valence-electron chi connectivity index (χ4n) is 2.92. The summed E-state index contributed by atoms with van der Waals surface area (Å²) in [5.41, 5.74) is -5.35. The van der Waals surface area contributed by atoms with Gasteiger partial charge in [0, 0.05) is 11.6 Å². The number of hydrogen-bond acceptors (Lipinski definition) is 2. The van der Waals surface area contributed by atoms with Crippen LogP contribution >= 0.6 is 15.9 Å². The Hall–Kier alpha value is -0.510. The van der Waals surface area contributed by atoms with Gasteiger partial charge in [0.05, 0.1) is 25.6 Å². The second-order valence-electron chi connectivity index (χ2n) is 7.45. The standard InChI is InChI=1S/C16H22BrF4NO2S/c1-13(2,25(22)24)8-15(5,16(20,21)14(3,4)23)9-6-10(17)12(19)7-11(9)18/h6-7,23H,8,22H2,1-5H3/t15-,25?/m1/s1. The fourth-order valence-corrected chi connectivity index (χ4v) is 3.69. The van der Waals surface area contributed by atoms with Crippen LogP contribution in [-0.2, 0) is 16.4 Å². The molecule has 3 N–H and O–H groups in total. The molecule has 1 unspecified atom stereocenters. The molecule has 0 aromatic heterocycles. The lowest BCUT2D eigenvalue weighted by Gasteiger charge is -2.46. The zero-order valence-electron chi connectivity index (χ0n) is 14.6. The van der Waals surface area contributed by atoms with Crippen LogP contribution in [0.25, 0.3) is 0 Å². The Morgan fingerprint density at radius 2 is 1.60 bits per heavy atom. The average Bonchev–Trinajstić information content (AvgIpc) is 2.40. The van der Waals surface area contributed by atoms with E-state index in [1.807, 2.05) is 0 Å². The lowest BCUT2D eigenvalue weighted by Crippen LogP contribution is -2.59. The van der Waals surface area contributed by atoms with Crippen LogP contribution in [-0.4, -0.2) is 25.6 Å². The molecule has 1 aromatic rings. The van der Waals surface area contributed by atoms with Crippen LogP contribution in [0.4, 0.5) is 17.6 Å². The molecule has 0 aliphatic rings. The number of rotatable bonds is 6. The molecule has 0 heterocycles. The molecule has 0 aliphatic carbocycles. The van der Waals surface area contributed by atoms with Crippen LogP contribution in [0, 0.1) is 11.6 Å². The number of hydrogen-bond donors (Lipinski definition) is 2. The molecule has 0 radical (unpaired) electrons. The number of aliphatic hydroxyl groups is 1. The molecule has 1 rings (SSSR count). The molecule has 2 atom stereocenters. The Bertz CT molecular complexity index is 691. The first-order chi connectivity index (χ1) is 11.0. The van der Waals surface area contributed by atoms with Crippen LogP contribution in [0.2, 0.25) is 0 Å². The second kappa shape index (κ2) is 6.90. The Kier molecular flexibility index (Phi) is 6.22. The van der Waals surface area contributed by atoms with Crippen molar-refractivity contribution in [2.75, 3.05) is 0 Å². The number of halogens is 5. The minimum atomic E-state index is -3.85. The summed E-state index contributed by atoms with van der Waals surface area (Å²) < 4.78 is 68.7. The molecule has 144 valence electrons. The highest BCUT2D eigenvalue weighted by Gasteiger charge is 2.62. The van der Waals surface area contributed by atoms with Crippen molar-refractivity contribution in [3.63, 3.8) is 0 Å². The first kappa shape index (κ1) is 22.5. The summed E-state index contributed by atoms with van der Waals surface area (Å²) in [5, 5.41) is 15.4. The molecule has 25 heavy (non-hydrogen) atoms. The summed E-state index contributed by atoms with van der Waals surface area (Å²) in [7, 11) is -2.00. The smallest absolute Gasteiger partial charge is 0.284 e. The van der Waals surface area contributed by atoms with E-state index in [1.54, 1.807) is 0 Å². The molecular weight excluding hydrogens is 426 g/mol. The maximum atomic E-state index is 15.2. The summed E-state index contributed by atoms with van der Waals surface area (Å²) in [4.78, 5) is 0. The van der Waals surface area contributed by atoms with Gasteiger partial charge in [0.2, 0.25) is 0 Å². The van der Waals surface area contributed by atoms with Gasteiger partial charge in [-0.2, -0.15) is 0 Å². The third kappa shape index (κ3) is 4.09. The number of nitrogens with two attached hydrogens (primary N) is 1. The third-order valence-corrected chi connectivity index (χ3v) is 6.23. The maximum absolute atomic E-state index is 15.2. The van der Waals surface area contributed by atoms with Crippen molar-refractivity contribution in [1.29, 1.82) is 0 Å². The van der Waals surface area contributed by atoms with E-state index >= 15 is 8.78 Å². The van der Waals surface area contributed by atoms with Gasteiger partial charge in [0.1, 0.15) is 17.2 Å². The molecular formula is C16H22BrF4NO2S. The molecule has 1 aromatic carbocycles. The zero-order valence-corrected chi connectivity index (χ0v) is 17.0. The van der Waals surface area contributed by atoms with E-state index in [4.69, 9.17) is 5.14 Å². The van der Waals surface area contributed by atoms with Crippen molar-refractivity contribution >= 4 is 26.9 Å². The quantitative estimate of drug-likeness (QED) is 0.507. The molecule has 3 nitrogen and oxygen atoms in total. The second-order valence-corrected chi connectivity index (χ2v) is 10.00. The van der Waals surface area contributed by atoms with Gasteiger partial charge in [-0.25, -0.2) is 21.8 Å². The largest absolute Gasteiger partial charge is 0.384 e. The van der Waals surface area contributed by atoms with Crippen molar-refractivity contribution in [3.8, 4) is 0 Å². The van der Waals surface area contributed by atoms with E-state index in [2.05, 4.69) is 15.9 Å². The molecule has 0 saturated heterocycles. The van der Waals surface area contributed by atoms with Crippen molar-refractivity contribution in [3.05, 3.63) is 33.8 Å². The van der Waals surface area contributed by atoms with Crippen LogP contribution in [0.15, 0.2) is 16.6 Å². The van der Waals surface area contributed by atoms with Crippen LogP contribution in [0.3, 0.4) is 0 Å². The van der Waals surface area contributed by atoms with Gasteiger partial charge < -0.3 is 5.11 Å². The lowest BCUT2D eigenvalue weighted by molar-refractivity contribution is -0.206. The molecule has 0 fully saturated rings. The monoisotopic (exact) mass is 447 g/mol. The summed E-state index contributed by atoms with van der Waals surface area (Å²) in [6.45, 7) is 5.64. The van der Waals surface area contributed by atoms with E-state index in [0.717, 1.165) is 26.8 Å². The maximum Gasteiger partial charge on any atom is 0.284 e. The van der Waals surface area contributed by atoms with Crippen LogP contribution in [0.1, 0.15) is 46.6 Å². The topological polar surface area (TPSA) is 63.3 Å². The first-order valence-electron chi connectivity index (χ1n) is 7.39. The number of benzene rings is 1. The van der Waals surface area contributed by atoms with E-state index in [9.17, 15) is 18.1 Å².